The van der Waals surface area contributed by atoms with Crippen LogP contribution < -0.4 is 11.2 Å². The van der Waals surface area contributed by atoms with Crippen molar-refractivity contribution in [3.8, 4) is 0 Å². The Morgan fingerprint density at radius 3 is 1.42 bits per heavy atom. The molecule has 0 aromatic heterocycles. The first-order chi connectivity index (χ1) is 8.95. The summed E-state index contributed by atoms with van der Waals surface area (Å²) in [5, 5.41) is 0. The summed E-state index contributed by atoms with van der Waals surface area (Å²) >= 11 is -3.05. The van der Waals surface area contributed by atoms with Gasteiger partial charge in [0.1, 0.15) is 0 Å². The van der Waals surface area contributed by atoms with Crippen molar-refractivity contribution in [2.45, 2.75) is 72.8 Å². The standard InChI is InChI=1S/C5H11N.3C3H8N.Ta/c1-4-5(2,3)6;3*1-2-3-4;/h4H2,1-3H3;3*4H,2-3H2,1H3;/q;3*-1;+3. The summed E-state index contributed by atoms with van der Waals surface area (Å²) in [5.41, 5.74) is 0.0562. The summed E-state index contributed by atoms with van der Waals surface area (Å²) < 4.78 is 16.6. The van der Waals surface area contributed by atoms with Gasteiger partial charge in [-0.1, -0.05) is 0 Å². The minimum atomic E-state index is -3.05. The molecule has 0 bridgehead atoms. The van der Waals surface area contributed by atoms with E-state index in [0.717, 1.165) is 45.3 Å². The maximum atomic E-state index is 5.25. The molecule has 0 atom stereocenters. The summed E-state index contributed by atoms with van der Waals surface area (Å²) in [6, 6.07) is 0. The predicted octanol–water partition coefficient (Wildman–Crippen LogP) is 3.26. The van der Waals surface area contributed by atoms with Crippen molar-refractivity contribution in [3.63, 3.8) is 0 Å². The number of hydrogen-bond donors (Lipinski definition) is 3. The Morgan fingerprint density at radius 1 is 0.789 bits per heavy atom. The van der Waals surface area contributed by atoms with E-state index in [4.69, 9.17) is 3.34 Å². The summed E-state index contributed by atoms with van der Waals surface area (Å²) in [6.45, 7) is 16.5. The van der Waals surface area contributed by atoms with Gasteiger partial charge in [-0.15, -0.1) is 0 Å². The van der Waals surface area contributed by atoms with Crippen LogP contribution in [0.4, 0.5) is 0 Å². The fourth-order valence-electron chi connectivity index (χ4n) is 1.57. The van der Waals surface area contributed by atoms with Crippen LogP contribution in [0.15, 0.2) is 3.34 Å². The van der Waals surface area contributed by atoms with Gasteiger partial charge in [0.05, 0.1) is 0 Å². The molecule has 0 heterocycles. The predicted molar refractivity (Wildman–Crippen MR) is 81.7 cm³/mol. The van der Waals surface area contributed by atoms with Gasteiger partial charge in [0.25, 0.3) is 0 Å². The van der Waals surface area contributed by atoms with Gasteiger partial charge >= 0.3 is 125 Å². The van der Waals surface area contributed by atoms with Crippen LogP contribution >= 0.6 is 0 Å². The molecule has 0 fully saturated rings. The quantitative estimate of drug-likeness (QED) is 0.462. The Balaban J connectivity index is 5.19. The van der Waals surface area contributed by atoms with Crippen LogP contribution in [-0.2, 0) is 17.7 Å². The topological polar surface area (TPSA) is 48.5 Å². The van der Waals surface area contributed by atoms with E-state index >= 15 is 0 Å². The average molecular weight is 440 g/mol. The van der Waals surface area contributed by atoms with Crippen molar-refractivity contribution < 1.29 is 17.7 Å². The molecule has 0 saturated heterocycles. The molecule has 0 unspecified atom stereocenters. The second-order valence-electron chi connectivity index (χ2n) is 5.63. The van der Waals surface area contributed by atoms with Crippen molar-refractivity contribution in [1.82, 2.24) is 11.2 Å². The number of rotatable bonds is 11. The summed E-state index contributed by atoms with van der Waals surface area (Å²) in [5.74, 6) is 0. The molecule has 0 radical (unpaired) electrons. The van der Waals surface area contributed by atoms with Crippen molar-refractivity contribution in [3.05, 3.63) is 0 Å². The fourth-order valence-corrected chi connectivity index (χ4v) is 12.9. The van der Waals surface area contributed by atoms with Crippen LogP contribution in [0.5, 0.6) is 0 Å². The molecule has 0 spiro atoms. The van der Waals surface area contributed by atoms with Gasteiger partial charge in [-0.25, -0.2) is 0 Å². The first-order valence-electron chi connectivity index (χ1n) is 7.84. The van der Waals surface area contributed by atoms with E-state index < -0.39 is 17.7 Å². The molecule has 3 N–H and O–H groups in total. The second-order valence-corrected chi connectivity index (χ2v) is 14.3. The summed E-state index contributed by atoms with van der Waals surface area (Å²) in [7, 11) is 0. The zero-order valence-corrected chi connectivity index (χ0v) is 17.1. The van der Waals surface area contributed by atoms with Gasteiger partial charge in [-0.3, -0.25) is 0 Å². The Hall–Kier alpha value is 0.420. The molecule has 0 aromatic rings. The molecule has 4 nitrogen and oxygen atoms in total. The van der Waals surface area contributed by atoms with Crippen LogP contribution in [0.3, 0.4) is 0 Å². The molecule has 0 aliphatic rings. The first-order valence-corrected chi connectivity index (χ1v) is 14.1. The zero-order valence-electron chi connectivity index (χ0n) is 13.8. The molecule has 0 aliphatic heterocycles. The van der Waals surface area contributed by atoms with E-state index in [-0.39, 0.29) is 5.54 Å². The maximum absolute atomic E-state index is 5.25. The van der Waals surface area contributed by atoms with Crippen molar-refractivity contribution in [1.29, 1.82) is 0 Å². The van der Waals surface area contributed by atoms with E-state index in [1.165, 1.54) is 0 Å². The second kappa shape index (κ2) is 10.2. The van der Waals surface area contributed by atoms with Crippen LogP contribution in [0, 0.1) is 0 Å². The van der Waals surface area contributed by atoms with E-state index in [1.54, 1.807) is 0 Å². The molecule has 0 aliphatic carbocycles. The van der Waals surface area contributed by atoms with Crippen molar-refractivity contribution >= 4 is 0 Å². The molecule has 0 saturated carbocycles. The molecule has 0 aromatic carbocycles. The monoisotopic (exact) mass is 440 g/mol. The van der Waals surface area contributed by atoms with Crippen molar-refractivity contribution in [2.24, 2.45) is 3.34 Å². The van der Waals surface area contributed by atoms with Crippen LogP contribution in [0.2, 0.25) is 0 Å². The minimum absolute atomic E-state index is 0.0562. The van der Waals surface area contributed by atoms with Gasteiger partial charge in [-0.2, -0.15) is 0 Å². The molecule has 0 amide bonds. The van der Waals surface area contributed by atoms with Crippen LogP contribution in [0.25, 0.3) is 0 Å². The van der Waals surface area contributed by atoms with Gasteiger partial charge in [-0.05, 0) is 0 Å². The Kier molecular flexibility index (Phi) is 10.4. The van der Waals surface area contributed by atoms with Crippen LogP contribution in [0.1, 0.15) is 67.2 Å². The van der Waals surface area contributed by atoms with Gasteiger partial charge in [0, 0.05) is 0 Å². The first kappa shape index (κ1) is 19.4. The summed E-state index contributed by atoms with van der Waals surface area (Å²) in [4.78, 5) is 0. The van der Waals surface area contributed by atoms with Crippen LogP contribution in [-0.4, -0.2) is 25.2 Å². The SMILES string of the molecule is CCC[NH][Ta](=[N]C(C)(C)CC)([NH]CCC)[NH]CCC. The Morgan fingerprint density at radius 2 is 1.16 bits per heavy atom. The van der Waals surface area contributed by atoms with E-state index in [1.807, 2.05) is 0 Å². The van der Waals surface area contributed by atoms with Gasteiger partial charge in [0.2, 0.25) is 0 Å². The number of nitrogens with zero attached hydrogens (tertiary/aromatic N) is 1. The van der Waals surface area contributed by atoms with Crippen molar-refractivity contribution in [2.75, 3.05) is 19.6 Å². The van der Waals surface area contributed by atoms with E-state index in [0.29, 0.717) is 0 Å². The number of hydrogen-bond acceptors (Lipinski definition) is 1. The third kappa shape index (κ3) is 8.33. The van der Waals surface area contributed by atoms with Gasteiger partial charge < -0.3 is 0 Å². The molecule has 116 valence electrons. The third-order valence-corrected chi connectivity index (χ3v) is 13.4. The van der Waals surface area contributed by atoms with E-state index in [9.17, 15) is 0 Å². The fraction of sp³-hybridized carbons (Fsp3) is 1.00. The third-order valence-electron chi connectivity index (χ3n) is 3.06. The summed E-state index contributed by atoms with van der Waals surface area (Å²) in [6.07, 6.45) is 4.56. The normalized spacial score (nSPS) is 12.7. The Bertz CT molecular complexity index is 248. The zero-order chi connectivity index (χ0) is 14.8. The number of nitrogens with one attached hydrogen (secondary N) is 3. The molecular weight excluding hydrogens is 405 g/mol. The molecule has 5 heteroatoms. The molecule has 0 rings (SSSR count). The molecule has 19 heavy (non-hydrogen) atoms. The Labute approximate surface area is 124 Å². The average Bonchev–Trinajstić information content (AvgIpc) is 2.40. The van der Waals surface area contributed by atoms with Gasteiger partial charge in [0.15, 0.2) is 0 Å². The molecular formula is C14H35N4Ta. The van der Waals surface area contributed by atoms with E-state index in [2.05, 4.69) is 52.7 Å².